The number of hydrogen-bond donors (Lipinski definition) is 1. The van der Waals surface area contributed by atoms with Crippen LogP contribution in [0.15, 0.2) is 48.5 Å². The van der Waals surface area contributed by atoms with E-state index in [1.807, 2.05) is 50.4 Å². The minimum atomic E-state index is -0.214. The summed E-state index contributed by atoms with van der Waals surface area (Å²) < 4.78 is 13.5. The number of benzene rings is 2. The molecule has 0 fully saturated rings. The molecule has 0 heterocycles. The van der Waals surface area contributed by atoms with Crippen LogP contribution in [0.2, 0.25) is 0 Å². The number of hydrogen-bond acceptors (Lipinski definition) is 2. The lowest BCUT2D eigenvalue weighted by molar-refractivity contribution is 0.614. The molecule has 2 rings (SSSR count). The molecule has 2 aromatic rings. The van der Waals surface area contributed by atoms with Gasteiger partial charge in [0.2, 0.25) is 0 Å². The van der Waals surface area contributed by atoms with E-state index in [0.29, 0.717) is 6.42 Å². The number of anilines is 2. The third-order valence-corrected chi connectivity index (χ3v) is 3.55. The van der Waals surface area contributed by atoms with Gasteiger partial charge in [0.05, 0.1) is 0 Å². The Bertz CT molecular complexity index is 554. The average Bonchev–Trinajstić information content (AvgIpc) is 2.47. The van der Waals surface area contributed by atoms with Crippen LogP contribution in [-0.4, -0.2) is 13.1 Å². The Hall–Kier alpha value is -1.87. The molecule has 2 aromatic carbocycles. The fraction of sp³-hybridized carbons (Fsp3) is 0.294. The number of nitrogens with two attached hydrogens (primary N) is 1. The van der Waals surface area contributed by atoms with E-state index in [9.17, 15) is 4.39 Å². The van der Waals surface area contributed by atoms with Crippen molar-refractivity contribution in [1.29, 1.82) is 0 Å². The van der Waals surface area contributed by atoms with E-state index >= 15 is 0 Å². The van der Waals surface area contributed by atoms with Crippen molar-refractivity contribution in [1.82, 2.24) is 0 Å². The zero-order valence-electron chi connectivity index (χ0n) is 12.0. The quantitative estimate of drug-likeness (QED) is 0.895. The summed E-state index contributed by atoms with van der Waals surface area (Å²) in [7, 11) is 1.99. The molecule has 0 aliphatic rings. The molecule has 0 bridgehead atoms. The highest BCUT2D eigenvalue weighted by atomic mass is 19.1. The first-order valence-electron chi connectivity index (χ1n) is 6.94. The molecule has 20 heavy (non-hydrogen) atoms. The minimum Gasteiger partial charge on any atom is -0.344 e. The molecule has 0 saturated carbocycles. The standard InChI is InChI=1S/C17H21FN2/c1-3-15(19)12-13-11-14(18)9-10-17(13)20(2)16-7-5-4-6-8-16/h4-11,15H,3,12,19H2,1-2H3. The van der Waals surface area contributed by atoms with Gasteiger partial charge < -0.3 is 10.6 Å². The van der Waals surface area contributed by atoms with E-state index in [1.54, 1.807) is 6.07 Å². The summed E-state index contributed by atoms with van der Waals surface area (Å²) in [6.45, 7) is 2.05. The van der Waals surface area contributed by atoms with E-state index in [2.05, 4.69) is 4.90 Å². The molecule has 0 radical (unpaired) electrons. The molecule has 2 nitrogen and oxygen atoms in total. The summed E-state index contributed by atoms with van der Waals surface area (Å²) in [5.74, 6) is -0.214. The van der Waals surface area contributed by atoms with Gasteiger partial charge >= 0.3 is 0 Å². The Labute approximate surface area is 120 Å². The van der Waals surface area contributed by atoms with Crippen LogP contribution < -0.4 is 10.6 Å². The van der Waals surface area contributed by atoms with Crippen molar-refractivity contribution in [3.8, 4) is 0 Å². The molecular formula is C17H21FN2. The topological polar surface area (TPSA) is 29.3 Å². The van der Waals surface area contributed by atoms with E-state index in [4.69, 9.17) is 5.73 Å². The summed E-state index contributed by atoms with van der Waals surface area (Å²) >= 11 is 0. The van der Waals surface area contributed by atoms with Gasteiger partial charge in [-0.15, -0.1) is 0 Å². The monoisotopic (exact) mass is 272 g/mol. The van der Waals surface area contributed by atoms with Gasteiger partial charge in [-0.25, -0.2) is 4.39 Å². The molecule has 0 aliphatic heterocycles. The summed E-state index contributed by atoms with van der Waals surface area (Å²) in [6, 6.07) is 15.0. The maximum atomic E-state index is 13.5. The van der Waals surface area contributed by atoms with E-state index in [0.717, 1.165) is 23.4 Å². The Balaban J connectivity index is 2.35. The Kier molecular flexibility index (Phi) is 4.74. The first-order chi connectivity index (χ1) is 9.61. The molecule has 0 amide bonds. The highest BCUT2D eigenvalue weighted by Gasteiger charge is 2.12. The van der Waals surface area contributed by atoms with Crippen molar-refractivity contribution in [3.63, 3.8) is 0 Å². The summed E-state index contributed by atoms with van der Waals surface area (Å²) in [5, 5.41) is 0. The number of rotatable bonds is 5. The van der Waals surface area contributed by atoms with Crippen LogP contribution in [0.1, 0.15) is 18.9 Å². The third kappa shape index (κ3) is 3.36. The van der Waals surface area contributed by atoms with Gasteiger partial charge in [0.1, 0.15) is 5.82 Å². The lowest BCUT2D eigenvalue weighted by atomic mass is 10.0. The largest absolute Gasteiger partial charge is 0.344 e. The fourth-order valence-corrected chi connectivity index (χ4v) is 2.26. The fourth-order valence-electron chi connectivity index (χ4n) is 2.26. The molecule has 0 spiro atoms. The van der Waals surface area contributed by atoms with Gasteiger partial charge in [-0.1, -0.05) is 25.1 Å². The predicted octanol–water partition coefficient (Wildman–Crippen LogP) is 3.87. The van der Waals surface area contributed by atoms with Crippen molar-refractivity contribution in [2.75, 3.05) is 11.9 Å². The molecule has 0 aromatic heterocycles. The Morgan fingerprint density at radius 1 is 1.15 bits per heavy atom. The molecule has 3 heteroatoms. The summed E-state index contributed by atoms with van der Waals surface area (Å²) in [5.41, 5.74) is 9.05. The normalized spacial score (nSPS) is 12.2. The number of nitrogens with zero attached hydrogens (tertiary/aromatic N) is 1. The highest BCUT2D eigenvalue weighted by molar-refractivity contribution is 5.65. The van der Waals surface area contributed by atoms with Gasteiger partial charge in [0.15, 0.2) is 0 Å². The lowest BCUT2D eigenvalue weighted by Gasteiger charge is -2.24. The zero-order valence-corrected chi connectivity index (χ0v) is 12.0. The summed E-state index contributed by atoms with van der Waals surface area (Å²) in [6.07, 6.45) is 1.56. The summed E-state index contributed by atoms with van der Waals surface area (Å²) in [4.78, 5) is 2.07. The van der Waals surface area contributed by atoms with Crippen molar-refractivity contribution in [3.05, 3.63) is 59.9 Å². The molecule has 0 aliphatic carbocycles. The molecule has 106 valence electrons. The van der Waals surface area contributed by atoms with Crippen LogP contribution in [0.25, 0.3) is 0 Å². The average molecular weight is 272 g/mol. The van der Waals surface area contributed by atoms with Crippen LogP contribution in [0.3, 0.4) is 0 Å². The van der Waals surface area contributed by atoms with Gasteiger partial charge in [-0.05, 0) is 48.7 Å². The van der Waals surface area contributed by atoms with Crippen molar-refractivity contribution in [2.45, 2.75) is 25.8 Å². The Morgan fingerprint density at radius 2 is 1.85 bits per heavy atom. The predicted molar refractivity (Wildman–Crippen MR) is 82.9 cm³/mol. The number of halogens is 1. The van der Waals surface area contributed by atoms with Crippen LogP contribution in [0.5, 0.6) is 0 Å². The van der Waals surface area contributed by atoms with Gasteiger partial charge in [-0.2, -0.15) is 0 Å². The van der Waals surface area contributed by atoms with Crippen molar-refractivity contribution >= 4 is 11.4 Å². The maximum absolute atomic E-state index is 13.5. The van der Waals surface area contributed by atoms with E-state index < -0.39 is 0 Å². The smallest absolute Gasteiger partial charge is 0.123 e. The molecule has 1 unspecified atom stereocenters. The van der Waals surface area contributed by atoms with Crippen LogP contribution in [0.4, 0.5) is 15.8 Å². The first-order valence-corrected chi connectivity index (χ1v) is 6.94. The third-order valence-electron chi connectivity index (χ3n) is 3.55. The van der Waals surface area contributed by atoms with Gasteiger partial charge in [0, 0.05) is 24.5 Å². The second-order valence-corrected chi connectivity index (χ2v) is 5.04. The lowest BCUT2D eigenvalue weighted by Crippen LogP contribution is -2.23. The van der Waals surface area contributed by atoms with Crippen LogP contribution >= 0.6 is 0 Å². The molecular weight excluding hydrogens is 251 g/mol. The second-order valence-electron chi connectivity index (χ2n) is 5.04. The van der Waals surface area contributed by atoms with Crippen LogP contribution in [-0.2, 0) is 6.42 Å². The van der Waals surface area contributed by atoms with Gasteiger partial charge in [0.25, 0.3) is 0 Å². The molecule has 1 atom stereocenters. The van der Waals surface area contributed by atoms with Crippen molar-refractivity contribution in [2.24, 2.45) is 5.73 Å². The molecule has 2 N–H and O–H groups in total. The zero-order chi connectivity index (χ0) is 14.5. The SMILES string of the molecule is CCC(N)Cc1cc(F)ccc1N(C)c1ccccc1. The highest BCUT2D eigenvalue weighted by Crippen LogP contribution is 2.28. The van der Waals surface area contributed by atoms with Crippen LogP contribution in [0, 0.1) is 5.82 Å². The minimum absolute atomic E-state index is 0.0553. The molecule has 0 saturated heterocycles. The first kappa shape index (κ1) is 14.5. The van der Waals surface area contributed by atoms with E-state index in [-0.39, 0.29) is 11.9 Å². The number of para-hydroxylation sites is 1. The van der Waals surface area contributed by atoms with Gasteiger partial charge in [-0.3, -0.25) is 0 Å². The second kappa shape index (κ2) is 6.53. The van der Waals surface area contributed by atoms with E-state index in [1.165, 1.54) is 6.07 Å². The maximum Gasteiger partial charge on any atom is 0.123 e. The van der Waals surface area contributed by atoms with Crippen molar-refractivity contribution < 1.29 is 4.39 Å². The Morgan fingerprint density at radius 3 is 2.50 bits per heavy atom.